The normalized spacial score (nSPS) is 10.8. The minimum Gasteiger partial charge on any atom is -0.481 e. The van der Waals surface area contributed by atoms with Crippen LogP contribution in [-0.2, 0) is 0 Å². The highest BCUT2D eigenvalue weighted by atomic mass is 16.5. The third kappa shape index (κ3) is 1.62. The van der Waals surface area contributed by atoms with Gasteiger partial charge in [-0.1, -0.05) is 30.3 Å². The van der Waals surface area contributed by atoms with E-state index in [4.69, 9.17) is 4.74 Å². The van der Waals surface area contributed by atoms with Crippen molar-refractivity contribution in [2.24, 2.45) is 0 Å². The largest absolute Gasteiger partial charge is 0.481 e. The Balaban J connectivity index is 2.31. The Kier molecular flexibility index (Phi) is 2.48. The molecule has 3 aromatic rings. The first-order valence-electron chi connectivity index (χ1n) is 5.75. The van der Waals surface area contributed by atoms with Crippen LogP contribution in [0.1, 0.15) is 5.82 Å². The average Bonchev–Trinajstić information content (AvgIpc) is 2.80. The molecule has 90 valence electrons. The number of nitrogens with zero attached hydrogens (tertiary/aromatic N) is 3. The van der Waals surface area contributed by atoms with E-state index in [1.807, 2.05) is 37.3 Å². The fourth-order valence-corrected chi connectivity index (χ4v) is 2.04. The Morgan fingerprint density at radius 2 is 1.83 bits per heavy atom. The second-order valence-corrected chi connectivity index (χ2v) is 4.05. The van der Waals surface area contributed by atoms with Crippen molar-refractivity contribution in [2.45, 2.75) is 6.92 Å². The first-order valence-corrected chi connectivity index (χ1v) is 5.75. The van der Waals surface area contributed by atoms with Gasteiger partial charge in [0.15, 0.2) is 5.65 Å². The molecule has 0 amide bonds. The van der Waals surface area contributed by atoms with E-state index in [1.165, 1.54) is 0 Å². The van der Waals surface area contributed by atoms with Crippen molar-refractivity contribution < 1.29 is 4.74 Å². The molecule has 18 heavy (non-hydrogen) atoms. The van der Waals surface area contributed by atoms with E-state index < -0.39 is 0 Å². The highest BCUT2D eigenvalue weighted by molar-refractivity contribution is 5.77. The molecule has 0 N–H and O–H groups in total. The van der Waals surface area contributed by atoms with E-state index in [0.717, 1.165) is 22.6 Å². The van der Waals surface area contributed by atoms with Gasteiger partial charge in [-0.2, -0.15) is 4.52 Å². The number of hydrogen-bond acceptors (Lipinski definition) is 3. The van der Waals surface area contributed by atoms with Gasteiger partial charge in [0.2, 0.25) is 5.88 Å². The zero-order chi connectivity index (χ0) is 12.5. The van der Waals surface area contributed by atoms with Crippen LogP contribution in [0.2, 0.25) is 0 Å². The van der Waals surface area contributed by atoms with E-state index in [2.05, 4.69) is 22.2 Å². The maximum absolute atomic E-state index is 5.29. The summed E-state index contributed by atoms with van der Waals surface area (Å²) in [6.07, 6.45) is 0. The summed E-state index contributed by atoms with van der Waals surface area (Å²) < 4.78 is 7.03. The highest BCUT2D eigenvalue weighted by Crippen LogP contribution is 2.26. The summed E-state index contributed by atoms with van der Waals surface area (Å²) >= 11 is 0. The summed E-state index contributed by atoms with van der Waals surface area (Å²) in [4.78, 5) is 4.47. The Morgan fingerprint density at radius 3 is 2.56 bits per heavy atom. The summed E-state index contributed by atoms with van der Waals surface area (Å²) in [7, 11) is 1.63. The number of fused-ring (bicyclic) bond motifs is 1. The van der Waals surface area contributed by atoms with Crippen molar-refractivity contribution in [2.75, 3.05) is 7.11 Å². The van der Waals surface area contributed by atoms with Crippen LogP contribution in [-0.4, -0.2) is 21.7 Å². The van der Waals surface area contributed by atoms with Crippen molar-refractivity contribution in [1.29, 1.82) is 0 Å². The number of methoxy groups -OCH3 is 1. The quantitative estimate of drug-likeness (QED) is 0.690. The third-order valence-electron chi connectivity index (χ3n) is 2.85. The molecule has 0 saturated carbocycles. The maximum Gasteiger partial charge on any atom is 0.216 e. The number of pyridine rings is 1. The lowest BCUT2D eigenvalue weighted by molar-refractivity contribution is 0.385. The van der Waals surface area contributed by atoms with Crippen molar-refractivity contribution in [3.63, 3.8) is 0 Å². The Morgan fingerprint density at radius 1 is 1.06 bits per heavy atom. The average molecular weight is 239 g/mol. The van der Waals surface area contributed by atoms with Gasteiger partial charge in [0, 0.05) is 11.6 Å². The van der Waals surface area contributed by atoms with E-state index >= 15 is 0 Å². The predicted octanol–water partition coefficient (Wildman–Crippen LogP) is 2.71. The zero-order valence-corrected chi connectivity index (χ0v) is 10.3. The molecule has 0 radical (unpaired) electrons. The van der Waals surface area contributed by atoms with Gasteiger partial charge in [-0.3, -0.25) is 0 Å². The topological polar surface area (TPSA) is 39.4 Å². The molecule has 1 aromatic carbocycles. The van der Waals surface area contributed by atoms with Crippen LogP contribution in [0, 0.1) is 6.92 Å². The minimum atomic E-state index is 0.685. The maximum atomic E-state index is 5.29. The van der Waals surface area contributed by atoms with E-state index in [-0.39, 0.29) is 0 Å². The molecule has 0 atom stereocenters. The standard InChI is InChI=1S/C14H13N3O/c1-10-15-14-12(11-6-4-3-5-7-11)8-9-13(18-2)17(14)16-10/h3-9H,1-2H3. The lowest BCUT2D eigenvalue weighted by Gasteiger charge is -2.06. The smallest absolute Gasteiger partial charge is 0.216 e. The van der Waals surface area contributed by atoms with Gasteiger partial charge in [-0.05, 0) is 18.6 Å². The molecule has 0 fully saturated rings. The molecule has 0 unspecified atom stereocenters. The fourth-order valence-electron chi connectivity index (χ4n) is 2.04. The van der Waals surface area contributed by atoms with Crippen LogP contribution in [0.15, 0.2) is 42.5 Å². The molecule has 0 aliphatic heterocycles. The van der Waals surface area contributed by atoms with Crippen molar-refractivity contribution in [3.05, 3.63) is 48.3 Å². The summed E-state index contributed by atoms with van der Waals surface area (Å²) in [6.45, 7) is 1.88. The molecule has 0 spiro atoms. The van der Waals surface area contributed by atoms with Crippen LogP contribution in [0.3, 0.4) is 0 Å². The molecular weight excluding hydrogens is 226 g/mol. The van der Waals surface area contributed by atoms with Crippen LogP contribution < -0.4 is 4.74 Å². The molecule has 2 aromatic heterocycles. The van der Waals surface area contributed by atoms with Crippen LogP contribution in [0.25, 0.3) is 16.8 Å². The van der Waals surface area contributed by atoms with E-state index in [1.54, 1.807) is 11.6 Å². The number of benzene rings is 1. The van der Waals surface area contributed by atoms with Crippen molar-refractivity contribution >= 4 is 5.65 Å². The third-order valence-corrected chi connectivity index (χ3v) is 2.85. The molecule has 0 bridgehead atoms. The Labute approximate surface area is 105 Å². The summed E-state index contributed by atoms with van der Waals surface area (Å²) in [5.41, 5.74) is 2.99. The number of ether oxygens (including phenoxy) is 1. The van der Waals surface area contributed by atoms with Gasteiger partial charge in [0.1, 0.15) is 5.82 Å². The first kappa shape index (κ1) is 10.8. The monoisotopic (exact) mass is 239 g/mol. The van der Waals surface area contributed by atoms with Crippen LogP contribution >= 0.6 is 0 Å². The van der Waals surface area contributed by atoms with Gasteiger partial charge < -0.3 is 4.74 Å². The van der Waals surface area contributed by atoms with Crippen molar-refractivity contribution in [3.8, 4) is 17.0 Å². The van der Waals surface area contributed by atoms with Gasteiger partial charge in [-0.25, -0.2) is 4.98 Å². The lowest BCUT2D eigenvalue weighted by Crippen LogP contribution is -1.97. The molecule has 4 nitrogen and oxygen atoms in total. The number of rotatable bonds is 2. The van der Waals surface area contributed by atoms with Crippen LogP contribution in [0.4, 0.5) is 0 Å². The van der Waals surface area contributed by atoms with Gasteiger partial charge in [0.05, 0.1) is 7.11 Å². The number of aryl methyl sites for hydroxylation is 1. The summed E-state index contributed by atoms with van der Waals surface area (Å²) in [6, 6.07) is 14.1. The fraction of sp³-hybridized carbons (Fsp3) is 0.143. The number of hydrogen-bond donors (Lipinski definition) is 0. The molecule has 0 saturated heterocycles. The van der Waals surface area contributed by atoms with Gasteiger partial charge >= 0.3 is 0 Å². The summed E-state index contributed by atoms with van der Waals surface area (Å²) in [5.74, 6) is 1.42. The zero-order valence-electron chi connectivity index (χ0n) is 10.3. The first-order chi connectivity index (χ1) is 8.79. The minimum absolute atomic E-state index is 0.685. The number of aromatic nitrogens is 3. The predicted molar refractivity (Wildman–Crippen MR) is 69.7 cm³/mol. The van der Waals surface area contributed by atoms with Gasteiger partial charge in [0.25, 0.3) is 0 Å². The molecule has 0 aliphatic carbocycles. The Hall–Kier alpha value is -2.36. The Bertz CT molecular complexity index is 689. The molecule has 3 rings (SSSR count). The molecule has 2 heterocycles. The second kappa shape index (κ2) is 4.14. The summed E-state index contributed by atoms with van der Waals surface area (Å²) in [5, 5.41) is 4.35. The molecule has 0 aliphatic rings. The molecule has 4 heteroatoms. The molecular formula is C14H13N3O. The van der Waals surface area contributed by atoms with Gasteiger partial charge in [-0.15, -0.1) is 5.10 Å². The van der Waals surface area contributed by atoms with E-state index in [0.29, 0.717) is 5.88 Å². The van der Waals surface area contributed by atoms with E-state index in [9.17, 15) is 0 Å². The SMILES string of the molecule is COc1ccc(-c2ccccc2)c2nc(C)nn12. The van der Waals surface area contributed by atoms with Crippen molar-refractivity contribution in [1.82, 2.24) is 14.6 Å². The van der Waals surface area contributed by atoms with Crippen LogP contribution in [0.5, 0.6) is 5.88 Å². The second-order valence-electron chi connectivity index (χ2n) is 4.05. The highest BCUT2D eigenvalue weighted by Gasteiger charge is 2.11. The lowest BCUT2D eigenvalue weighted by atomic mass is 10.1.